The molecule has 0 unspecified atom stereocenters. The Balaban J connectivity index is 2.55. The number of quaternary nitrogens is 1. The summed E-state index contributed by atoms with van der Waals surface area (Å²) in [4.78, 5) is 1.65. The van der Waals surface area contributed by atoms with Crippen molar-refractivity contribution in [2.75, 3.05) is 13.1 Å². The van der Waals surface area contributed by atoms with E-state index in [1.54, 1.807) is 4.90 Å². The highest BCUT2D eigenvalue weighted by Gasteiger charge is 2.09. The van der Waals surface area contributed by atoms with E-state index in [-0.39, 0.29) is 0 Å². The van der Waals surface area contributed by atoms with Gasteiger partial charge in [0.2, 0.25) is 0 Å². The van der Waals surface area contributed by atoms with E-state index in [4.69, 9.17) is 0 Å². The fourth-order valence-corrected chi connectivity index (χ4v) is 1.87. The minimum absolute atomic E-state index is 1.28. The normalized spacial score (nSPS) is 10.9. The minimum Gasteiger partial charge on any atom is -0.302 e. The molecule has 0 saturated carbocycles. The van der Waals surface area contributed by atoms with Gasteiger partial charge < -0.3 is 4.90 Å². The van der Waals surface area contributed by atoms with E-state index >= 15 is 0 Å². The van der Waals surface area contributed by atoms with E-state index in [1.807, 2.05) is 0 Å². The maximum absolute atomic E-state index is 2.27. The first-order valence-electron chi connectivity index (χ1n) is 6.28. The van der Waals surface area contributed by atoms with Gasteiger partial charge >= 0.3 is 0 Å². The molecule has 1 heteroatoms. The summed E-state index contributed by atoms with van der Waals surface area (Å²) in [6, 6.07) is 10.9. The quantitative estimate of drug-likeness (QED) is 0.699. The lowest BCUT2D eigenvalue weighted by molar-refractivity contribution is -0.833. The summed E-state index contributed by atoms with van der Waals surface area (Å²) in [6.07, 6.45) is 5.24. The summed E-state index contributed by atoms with van der Waals surface area (Å²) in [5.41, 5.74) is 1.46. The average Bonchev–Trinajstić information content (AvgIpc) is 2.30. The third kappa shape index (κ3) is 4.48. The zero-order chi connectivity index (χ0) is 10.9. The van der Waals surface area contributed by atoms with Crippen molar-refractivity contribution >= 4 is 5.69 Å². The minimum atomic E-state index is 1.28. The monoisotopic (exact) mass is 206 g/mol. The van der Waals surface area contributed by atoms with Crippen LogP contribution < -0.4 is 4.90 Å². The van der Waals surface area contributed by atoms with Gasteiger partial charge in [-0.1, -0.05) is 44.9 Å². The van der Waals surface area contributed by atoms with Crippen LogP contribution in [0.4, 0.5) is 5.69 Å². The van der Waals surface area contributed by atoms with Crippen LogP contribution in [0.5, 0.6) is 0 Å². The van der Waals surface area contributed by atoms with Gasteiger partial charge in [0.15, 0.2) is 0 Å². The van der Waals surface area contributed by atoms with Gasteiger partial charge in [0, 0.05) is 0 Å². The van der Waals surface area contributed by atoms with E-state index < -0.39 is 0 Å². The van der Waals surface area contributed by atoms with E-state index in [0.29, 0.717) is 0 Å². The molecule has 0 atom stereocenters. The van der Waals surface area contributed by atoms with Crippen molar-refractivity contribution in [2.45, 2.75) is 39.5 Å². The number of hydrogen-bond donors (Lipinski definition) is 1. The number of rotatable bonds is 7. The van der Waals surface area contributed by atoms with Crippen LogP contribution >= 0.6 is 0 Å². The highest BCUT2D eigenvalue weighted by molar-refractivity contribution is 5.27. The fraction of sp³-hybridized carbons (Fsp3) is 0.571. The molecule has 0 aliphatic carbocycles. The molecule has 1 aromatic rings. The molecule has 0 saturated heterocycles. The standard InChI is InChI=1S/C14H23N/c1-3-5-12-15(13-6-4-2)14-10-8-7-9-11-14/h7-11H,3-6,12-13H2,1-2H3/p+1. The third-order valence-corrected chi connectivity index (χ3v) is 2.85. The molecule has 15 heavy (non-hydrogen) atoms. The molecular formula is C14H24N+. The van der Waals surface area contributed by atoms with Crippen LogP contribution in [-0.2, 0) is 0 Å². The van der Waals surface area contributed by atoms with Gasteiger partial charge in [-0.15, -0.1) is 0 Å². The van der Waals surface area contributed by atoms with Gasteiger partial charge in [-0.2, -0.15) is 0 Å². The molecule has 0 aliphatic heterocycles. The Morgan fingerprint density at radius 3 is 1.87 bits per heavy atom. The lowest BCUT2D eigenvalue weighted by Crippen LogP contribution is -3.07. The van der Waals surface area contributed by atoms with E-state index in [0.717, 1.165) is 0 Å². The summed E-state index contributed by atoms with van der Waals surface area (Å²) in [5.74, 6) is 0. The largest absolute Gasteiger partial charge is 0.302 e. The Hall–Kier alpha value is -0.820. The van der Waals surface area contributed by atoms with Crippen molar-refractivity contribution in [2.24, 2.45) is 0 Å². The van der Waals surface area contributed by atoms with Crippen LogP contribution in [0, 0.1) is 0 Å². The van der Waals surface area contributed by atoms with Gasteiger partial charge in [-0.25, -0.2) is 0 Å². The predicted molar refractivity (Wildman–Crippen MR) is 66.6 cm³/mol. The van der Waals surface area contributed by atoms with E-state index in [9.17, 15) is 0 Å². The van der Waals surface area contributed by atoms with Crippen LogP contribution in [-0.4, -0.2) is 13.1 Å². The van der Waals surface area contributed by atoms with Crippen LogP contribution in [0.1, 0.15) is 39.5 Å². The van der Waals surface area contributed by atoms with Crippen molar-refractivity contribution < 1.29 is 4.90 Å². The molecule has 0 fully saturated rings. The van der Waals surface area contributed by atoms with Crippen molar-refractivity contribution in [1.82, 2.24) is 0 Å². The predicted octanol–water partition coefficient (Wildman–Crippen LogP) is 2.80. The highest BCUT2D eigenvalue weighted by atomic mass is 15.1. The van der Waals surface area contributed by atoms with E-state index in [1.165, 1.54) is 44.5 Å². The van der Waals surface area contributed by atoms with Crippen LogP contribution in [0.15, 0.2) is 30.3 Å². The molecule has 0 heterocycles. The molecule has 0 aliphatic rings. The Kier molecular flexibility index (Phi) is 6.10. The van der Waals surface area contributed by atoms with Crippen molar-refractivity contribution in [3.05, 3.63) is 30.3 Å². The van der Waals surface area contributed by atoms with Crippen molar-refractivity contribution in [3.8, 4) is 0 Å². The van der Waals surface area contributed by atoms with Gasteiger partial charge in [0.1, 0.15) is 5.69 Å². The number of benzene rings is 1. The lowest BCUT2D eigenvalue weighted by Gasteiger charge is -2.18. The summed E-state index contributed by atoms with van der Waals surface area (Å²) in [5, 5.41) is 0. The molecule has 84 valence electrons. The first kappa shape index (κ1) is 12.3. The maximum Gasteiger partial charge on any atom is 0.131 e. The van der Waals surface area contributed by atoms with Crippen LogP contribution in [0.3, 0.4) is 0 Å². The van der Waals surface area contributed by atoms with Crippen molar-refractivity contribution in [1.29, 1.82) is 0 Å². The summed E-state index contributed by atoms with van der Waals surface area (Å²) >= 11 is 0. The molecule has 1 N–H and O–H groups in total. The second kappa shape index (κ2) is 7.47. The molecule has 0 bridgehead atoms. The summed E-state index contributed by atoms with van der Waals surface area (Å²) in [7, 11) is 0. The van der Waals surface area contributed by atoms with Gasteiger partial charge in [-0.3, -0.25) is 0 Å². The maximum atomic E-state index is 2.27. The Morgan fingerprint density at radius 1 is 0.867 bits per heavy atom. The second-order valence-electron chi connectivity index (χ2n) is 4.18. The number of hydrogen-bond acceptors (Lipinski definition) is 0. The first-order chi connectivity index (χ1) is 7.38. The Labute approximate surface area is 94.1 Å². The van der Waals surface area contributed by atoms with E-state index in [2.05, 4.69) is 44.2 Å². The number of unbranched alkanes of at least 4 members (excludes halogenated alkanes) is 2. The van der Waals surface area contributed by atoms with Gasteiger partial charge in [-0.05, 0) is 25.0 Å². The Bertz CT molecular complexity index is 235. The molecule has 0 radical (unpaired) electrons. The molecule has 1 aromatic carbocycles. The SMILES string of the molecule is CCCC[NH+](CCCC)c1ccccc1. The fourth-order valence-electron chi connectivity index (χ4n) is 1.87. The second-order valence-corrected chi connectivity index (χ2v) is 4.18. The summed E-state index contributed by atoms with van der Waals surface area (Å²) in [6.45, 7) is 7.09. The zero-order valence-corrected chi connectivity index (χ0v) is 10.1. The third-order valence-electron chi connectivity index (χ3n) is 2.85. The summed E-state index contributed by atoms with van der Waals surface area (Å²) < 4.78 is 0. The molecule has 1 rings (SSSR count). The van der Waals surface area contributed by atoms with Gasteiger partial charge in [0.05, 0.1) is 13.1 Å². The molecule has 0 amide bonds. The van der Waals surface area contributed by atoms with Crippen molar-refractivity contribution in [3.63, 3.8) is 0 Å². The first-order valence-corrected chi connectivity index (χ1v) is 6.28. The highest BCUT2D eigenvalue weighted by Crippen LogP contribution is 1.99. The zero-order valence-electron chi connectivity index (χ0n) is 10.1. The molecule has 1 nitrogen and oxygen atoms in total. The average molecular weight is 206 g/mol. The number of nitrogens with one attached hydrogen (secondary N) is 1. The molecule has 0 aromatic heterocycles. The molecular weight excluding hydrogens is 182 g/mol. The van der Waals surface area contributed by atoms with Crippen LogP contribution in [0.2, 0.25) is 0 Å². The lowest BCUT2D eigenvalue weighted by atomic mass is 10.2. The number of para-hydroxylation sites is 1. The smallest absolute Gasteiger partial charge is 0.131 e. The van der Waals surface area contributed by atoms with Crippen LogP contribution in [0.25, 0.3) is 0 Å². The molecule has 0 spiro atoms. The Morgan fingerprint density at radius 2 is 1.40 bits per heavy atom. The topological polar surface area (TPSA) is 4.44 Å². The van der Waals surface area contributed by atoms with Gasteiger partial charge in [0.25, 0.3) is 0 Å².